The maximum atomic E-state index is 5.62. The van der Waals surface area contributed by atoms with Crippen LogP contribution in [-0.2, 0) is 6.54 Å². The maximum Gasteiger partial charge on any atom is 0.119 e. The molecule has 0 heterocycles. The van der Waals surface area contributed by atoms with Crippen LogP contribution in [0.25, 0.3) is 0 Å². The number of halogens is 1. The first-order valence-electron chi connectivity index (χ1n) is 4.88. The molecule has 0 fully saturated rings. The first-order chi connectivity index (χ1) is 7.27. The molecule has 0 aliphatic carbocycles. The lowest BCUT2D eigenvalue weighted by molar-refractivity contribution is 0.318. The van der Waals surface area contributed by atoms with Gasteiger partial charge >= 0.3 is 0 Å². The van der Waals surface area contributed by atoms with Crippen LogP contribution in [0.15, 0.2) is 22.7 Å². The smallest absolute Gasteiger partial charge is 0.119 e. The van der Waals surface area contributed by atoms with Crippen molar-refractivity contribution in [2.45, 2.75) is 13.0 Å². The summed E-state index contributed by atoms with van der Waals surface area (Å²) < 4.78 is 6.66. The first-order valence-corrected chi connectivity index (χ1v) is 7.07. The lowest BCUT2D eigenvalue weighted by atomic mass is 10.2. The van der Waals surface area contributed by atoms with Gasteiger partial charge in [-0.25, -0.2) is 0 Å². The van der Waals surface area contributed by atoms with Crippen molar-refractivity contribution in [2.24, 2.45) is 5.73 Å². The molecule has 1 aromatic carbocycles. The Morgan fingerprint density at radius 2 is 2.27 bits per heavy atom. The molecule has 0 saturated carbocycles. The van der Waals surface area contributed by atoms with Crippen molar-refractivity contribution >= 4 is 27.7 Å². The van der Waals surface area contributed by atoms with E-state index < -0.39 is 0 Å². The summed E-state index contributed by atoms with van der Waals surface area (Å²) in [4.78, 5) is 0. The highest BCUT2D eigenvalue weighted by Crippen LogP contribution is 2.22. The van der Waals surface area contributed by atoms with Gasteiger partial charge < -0.3 is 10.5 Å². The van der Waals surface area contributed by atoms with Gasteiger partial charge in [0, 0.05) is 11.0 Å². The van der Waals surface area contributed by atoms with Crippen molar-refractivity contribution in [2.75, 3.05) is 18.6 Å². The molecule has 84 valence electrons. The minimum atomic E-state index is 0.530. The number of nitrogens with two attached hydrogens (primary N) is 1. The molecule has 0 spiro atoms. The third-order valence-corrected chi connectivity index (χ3v) is 3.47. The summed E-state index contributed by atoms with van der Waals surface area (Å²) in [6.07, 6.45) is 3.18. The van der Waals surface area contributed by atoms with Crippen LogP contribution < -0.4 is 10.5 Å². The summed E-state index contributed by atoms with van der Waals surface area (Å²) in [5.74, 6) is 2.04. The van der Waals surface area contributed by atoms with Gasteiger partial charge in [-0.15, -0.1) is 0 Å². The van der Waals surface area contributed by atoms with Crippen LogP contribution in [0.1, 0.15) is 12.0 Å². The van der Waals surface area contributed by atoms with E-state index in [4.69, 9.17) is 10.5 Å². The molecule has 0 aromatic heterocycles. The molecule has 0 amide bonds. The van der Waals surface area contributed by atoms with E-state index in [0.717, 1.165) is 34.6 Å². The van der Waals surface area contributed by atoms with E-state index >= 15 is 0 Å². The molecular formula is C11H16BrNOS. The minimum absolute atomic E-state index is 0.530. The number of hydrogen-bond donors (Lipinski definition) is 1. The van der Waals surface area contributed by atoms with Gasteiger partial charge in [-0.2, -0.15) is 11.8 Å². The number of hydrogen-bond acceptors (Lipinski definition) is 3. The standard InChI is InChI=1S/C11H16BrNOS/c1-15-6-2-5-14-10-3-4-11(12)9(7-10)8-13/h3-4,7H,2,5-6,8,13H2,1H3. The van der Waals surface area contributed by atoms with E-state index in [9.17, 15) is 0 Å². The van der Waals surface area contributed by atoms with Gasteiger partial charge in [0.25, 0.3) is 0 Å². The van der Waals surface area contributed by atoms with Crippen LogP contribution in [0.4, 0.5) is 0 Å². The highest BCUT2D eigenvalue weighted by molar-refractivity contribution is 9.10. The van der Waals surface area contributed by atoms with Crippen LogP contribution >= 0.6 is 27.7 Å². The summed E-state index contributed by atoms with van der Waals surface area (Å²) in [5.41, 5.74) is 6.69. The van der Waals surface area contributed by atoms with Crippen molar-refractivity contribution in [1.29, 1.82) is 0 Å². The van der Waals surface area contributed by atoms with Crippen LogP contribution in [0.2, 0.25) is 0 Å². The minimum Gasteiger partial charge on any atom is -0.494 e. The molecule has 0 unspecified atom stereocenters. The topological polar surface area (TPSA) is 35.2 Å². The summed E-state index contributed by atoms with van der Waals surface area (Å²) >= 11 is 5.28. The van der Waals surface area contributed by atoms with Gasteiger partial charge in [0.1, 0.15) is 5.75 Å². The fraction of sp³-hybridized carbons (Fsp3) is 0.455. The fourth-order valence-corrected chi connectivity index (χ4v) is 2.01. The Bertz CT molecular complexity index is 307. The van der Waals surface area contributed by atoms with Crippen molar-refractivity contribution in [3.8, 4) is 5.75 Å². The number of ether oxygens (including phenoxy) is 1. The third kappa shape index (κ3) is 4.45. The zero-order valence-corrected chi connectivity index (χ0v) is 11.2. The predicted molar refractivity (Wildman–Crippen MR) is 70.5 cm³/mol. The highest BCUT2D eigenvalue weighted by Gasteiger charge is 2.00. The summed E-state index contributed by atoms with van der Waals surface area (Å²) in [6.45, 7) is 1.30. The van der Waals surface area contributed by atoms with Crippen LogP contribution in [0.3, 0.4) is 0 Å². The van der Waals surface area contributed by atoms with E-state index in [1.807, 2.05) is 30.0 Å². The van der Waals surface area contributed by atoms with Crippen LogP contribution in [0, 0.1) is 0 Å². The Morgan fingerprint density at radius 1 is 1.47 bits per heavy atom. The normalized spacial score (nSPS) is 10.3. The molecule has 2 N–H and O–H groups in total. The van der Waals surface area contributed by atoms with Crippen LogP contribution in [0.5, 0.6) is 5.75 Å². The highest BCUT2D eigenvalue weighted by atomic mass is 79.9. The summed E-state index contributed by atoms with van der Waals surface area (Å²) in [7, 11) is 0. The molecule has 0 aliphatic rings. The fourth-order valence-electron chi connectivity index (χ4n) is 1.19. The second kappa shape index (κ2) is 7.14. The second-order valence-corrected chi connectivity index (χ2v) is 4.99. The number of benzene rings is 1. The lowest BCUT2D eigenvalue weighted by Gasteiger charge is -2.08. The summed E-state index contributed by atoms with van der Waals surface area (Å²) in [5, 5.41) is 0. The zero-order valence-electron chi connectivity index (χ0n) is 8.83. The molecule has 4 heteroatoms. The molecule has 1 aromatic rings. The Labute approximate surface area is 104 Å². The third-order valence-electron chi connectivity index (χ3n) is 2.00. The van der Waals surface area contributed by atoms with E-state index in [2.05, 4.69) is 22.2 Å². The van der Waals surface area contributed by atoms with E-state index in [1.165, 1.54) is 0 Å². The van der Waals surface area contributed by atoms with E-state index in [0.29, 0.717) is 6.54 Å². The van der Waals surface area contributed by atoms with Gasteiger partial charge in [0.2, 0.25) is 0 Å². The molecule has 1 rings (SSSR count). The van der Waals surface area contributed by atoms with Crippen molar-refractivity contribution in [1.82, 2.24) is 0 Å². The molecule has 15 heavy (non-hydrogen) atoms. The monoisotopic (exact) mass is 289 g/mol. The van der Waals surface area contributed by atoms with Gasteiger partial charge in [-0.1, -0.05) is 15.9 Å². The van der Waals surface area contributed by atoms with E-state index in [1.54, 1.807) is 0 Å². The Balaban J connectivity index is 2.47. The van der Waals surface area contributed by atoms with Crippen molar-refractivity contribution in [3.63, 3.8) is 0 Å². The predicted octanol–water partition coefficient (Wildman–Crippen LogP) is 3.04. The van der Waals surface area contributed by atoms with Gasteiger partial charge in [-0.05, 0) is 42.2 Å². The van der Waals surface area contributed by atoms with Crippen molar-refractivity contribution in [3.05, 3.63) is 28.2 Å². The van der Waals surface area contributed by atoms with Gasteiger partial charge in [0.05, 0.1) is 6.61 Å². The van der Waals surface area contributed by atoms with Gasteiger partial charge in [-0.3, -0.25) is 0 Å². The first kappa shape index (κ1) is 12.9. The largest absolute Gasteiger partial charge is 0.494 e. The molecule has 2 nitrogen and oxygen atoms in total. The molecule has 0 atom stereocenters. The SMILES string of the molecule is CSCCCOc1ccc(Br)c(CN)c1. The molecule has 0 aliphatic heterocycles. The average molecular weight is 290 g/mol. The molecular weight excluding hydrogens is 274 g/mol. The molecule has 0 bridgehead atoms. The Hall–Kier alpha value is -0.190. The quantitative estimate of drug-likeness (QED) is 0.818. The lowest BCUT2D eigenvalue weighted by Crippen LogP contribution is -2.01. The number of thioether (sulfide) groups is 1. The van der Waals surface area contributed by atoms with Crippen LogP contribution in [-0.4, -0.2) is 18.6 Å². The Kier molecular flexibility index (Phi) is 6.13. The summed E-state index contributed by atoms with van der Waals surface area (Å²) in [6, 6.07) is 5.93. The van der Waals surface area contributed by atoms with Gasteiger partial charge in [0.15, 0.2) is 0 Å². The Morgan fingerprint density at radius 3 is 2.93 bits per heavy atom. The molecule has 0 saturated heterocycles. The van der Waals surface area contributed by atoms with Crippen molar-refractivity contribution < 1.29 is 4.74 Å². The zero-order chi connectivity index (χ0) is 11.1. The molecule has 0 radical (unpaired) electrons. The second-order valence-electron chi connectivity index (χ2n) is 3.15. The number of rotatable bonds is 6. The maximum absolute atomic E-state index is 5.62. The van der Waals surface area contributed by atoms with E-state index in [-0.39, 0.29) is 0 Å². The average Bonchev–Trinajstić information content (AvgIpc) is 2.26.